The molecule has 0 amide bonds. The second kappa shape index (κ2) is 8.02. The van der Waals surface area contributed by atoms with Gasteiger partial charge in [-0.05, 0) is 42.2 Å². The maximum absolute atomic E-state index is 13.9. The van der Waals surface area contributed by atoms with E-state index in [1.54, 1.807) is 0 Å². The zero-order valence-corrected chi connectivity index (χ0v) is 16.1. The molecule has 1 aromatic heterocycles. The quantitative estimate of drug-likeness (QED) is 0.430. The maximum atomic E-state index is 13.9. The fourth-order valence-corrected chi connectivity index (χ4v) is 3.38. The Morgan fingerprint density at radius 2 is 1.83 bits per heavy atom. The fraction of sp³-hybridized carbons (Fsp3) is 0.381. The van der Waals surface area contributed by atoms with Gasteiger partial charge in [-0.3, -0.25) is 10.1 Å². The maximum Gasteiger partial charge on any atom is 0.407 e. The van der Waals surface area contributed by atoms with E-state index in [0.717, 1.165) is 7.11 Å². The zero-order chi connectivity index (χ0) is 21.3. The van der Waals surface area contributed by atoms with E-state index in [1.807, 2.05) is 13.8 Å². The van der Waals surface area contributed by atoms with Gasteiger partial charge in [0, 0.05) is 16.8 Å². The Labute approximate surface area is 164 Å². The third kappa shape index (κ3) is 4.53. The first kappa shape index (κ1) is 21.1. The van der Waals surface area contributed by atoms with Crippen LogP contribution in [0.25, 0.3) is 21.9 Å². The smallest absolute Gasteiger partial charge is 0.407 e. The highest BCUT2D eigenvalue weighted by atomic mass is 19.4. The number of benzene rings is 2. The van der Waals surface area contributed by atoms with Crippen molar-refractivity contribution in [3.8, 4) is 0 Å². The summed E-state index contributed by atoms with van der Waals surface area (Å²) in [6, 6.07) is 4.73. The molecule has 0 unspecified atom stereocenters. The lowest BCUT2D eigenvalue weighted by Crippen LogP contribution is -2.45. The van der Waals surface area contributed by atoms with Gasteiger partial charge < -0.3 is 9.15 Å². The number of rotatable bonds is 6. The minimum atomic E-state index is -4.65. The number of furan rings is 1. The van der Waals surface area contributed by atoms with Gasteiger partial charge in [-0.15, -0.1) is 0 Å². The van der Waals surface area contributed by atoms with Crippen molar-refractivity contribution >= 4 is 27.9 Å². The highest BCUT2D eigenvalue weighted by Gasteiger charge is 2.43. The van der Waals surface area contributed by atoms with Crippen LogP contribution in [0.4, 0.5) is 17.6 Å². The summed E-state index contributed by atoms with van der Waals surface area (Å²) in [4.78, 5) is 12.0. The van der Waals surface area contributed by atoms with Crippen LogP contribution >= 0.6 is 0 Å². The van der Waals surface area contributed by atoms with Crippen LogP contribution in [0.2, 0.25) is 0 Å². The zero-order valence-electron chi connectivity index (χ0n) is 16.1. The molecular weight excluding hydrogens is 390 g/mol. The Morgan fingerprint density at radius 1 is 1.10 bits per heavy atom. The lowest BCUT2D eigenvalue weighted by molar-refractivity contribution is -0.164. The summed E-state index contributed by atoms with van der Waals surface area (Å²) < 4.78 is 65.2. The van der Waals surface area contributed by atoms with Crippen molar-refractivity contribution in [3.63, 3.8) is 0 Å². The summed E-state index contributed by atoms with van der Waals surface area (Å²) >= 11 is 0. The number of carbonyl (C=O) groups is 1. The van der Waals surface area contributed by atoms with Crippen LogP contribution in [-0.2, 0) is 9.53 Å². The summed E-state index contributed by atoms with van der Waals surface area (Å²) in [7, 11) is 1.14. The van der Waals surface area contributed by atoms with Crippen molar-refractivity contribution in [3.05, 3.63) is 47.8 Å². The summed E-state index contributed by atoms with van der Waals surface area (Å²) in [5.41, 5.74) is 0.526. The molecule has 0 bridgehead atoms. The number of fused-ring (bicyclic) bond motifs is 3. The number of halogens is 4. The van der Waals surface area contributed by atoms with Gasteiger partial charge in [0.05, 0.1) is 7.11 Å². The Hall–Kier alpha value is -2.61. The van der Waals surface area contributed by atoms with Crippen molar-refractivity contribution in [2.24, 2.45) is 5.92 Å². The molecule has 8 heteroatoms. The number of carbonyl (C=O) groups excluding carboxylic acids is 1. The minimum absolute atomic E-state index is 0.0179. The second-order valence-corrected chi connectivity index (χ2v) is 7.34. The van der Waals surface area contributed by atoms with Gasteiger partial charge in [-0.25, -0.2) is 4.39 Å². The Bertz CT molecular complexity index is 1030. The highest BCUT2D eigenvalue weighted by molar-refractivity contribution is 6.05. The number of hydrogen-bond acceptors (Lipinski definition) is 4. The van der Waals surface area contributed by atoms with E-state index in [-0.39, 0.29) is 23.5 Å². The number of nitrogens with one attached hydrogen (secondary N) is 1. The summed E-state index contributed by atoms with van der Waals surface area (Å²) in [6.07, 6.45) is -4.46. The molecule has 0 spiro atoms. The van der Waals surface area contributed by atoms with Gasteiger partial charge in [0.2, 0.25) is 0 Å². The Balaban J connectivity index is 2.05. The lowest BCUT2D eigenvalue weighted by Gasteiger charge is -2.27. The Morgan fingerprint density at radius 3 is 2.45 bits per heavy atom. The number of esters is 1. The molecule has 0 fully saturated rings. The largest absolute Gasteiger partial charge is 0.468 e. The van der Waals surface area contributed by atoms with Crippen LogP contribution in [0.15, 0.2) is 40.8 Å². The summed E-state index contributed by atoms with van der Waals surface area (Å²) in [5.74, 6) is -1.27. The van der Waals surface area contributed by atoms with Crippen LogP contribution in [0, 0.1) is 11.7 Å². The van der Waals surface area contributed by atoms with Gasteiger partial charge in [0.15, 0.2) is 0 Å². The highest BCUT2D eigenvalue weighted by Crippen LogP contribution is 2.37. The van der Waals surface area contributed by atoms with Crippen LogP contribution in [0.3, 0.4) is 0 Å². The normalized spacial score (nSPS) is 14.5. The standard InChI is InChI=1S/C21H21F4NO3/c1-11(2)8-16(20(27)28-3)26-19(21(23,24)25)12-4-7-17-15(9-12)14-6-5-13(22)10-18(14)29-17/h4-7,9-11,16,19,26H,8H2,1-3H3/t16-,19-/m0/s1. The van der Waals surface area contributed by atoms with Crippen molar-refractivity contribution in [2.45, 2.75) is 38.5 Å². The summed E-state index contributed by atoms with van der Waals surface area (Å²) in [5, 5.41) is 3.36. The topological polar surface area (TPSA) is 51.5 Å². The van der Waals surface area contributed by atoms with Gasteiger partial charge >= 0.3 is 12.1 Å². The van der Waals surface area contributed by atoms with Crippen LogP contribution in [0.5, 0.6) is 0 Å². The number of ether oxygens (including phenoxy) is 1. The van der Waals surface area contributed by atoms with Gasteiger partial charge in [0.25, 0.3) is 0 Å². The molecule has 1 heterocycles. The molecule has 0 saturated heterocycles. The van der Waals surface area contributed by atoms with Crippen LogP contribution in [0.1, 0.15) is 31.9 Å². The van der Waals surface area contributed by atoms with Crippen molar-refractivity contribution in [1.29, 1.82) is 0 Å². The molecule has 4 nitrogen and oxygen atoms in total. The third-order valence-corrected chi connectivity index (χ3v) is 4.68. The number of alkyl halides is 3. The first-order chi connectivity index (χ1) is 13.6. The molecule has 0 aliphatic rings. The average Bonchev–Trinajstić information content (AvgIpc) is 2.99. The minimum Gasteiger partial charge on any atom is -0.468 e. The first-order valence-electron chi connectivity index (χ1n) is 9.12. The molecule has 0 aliphatic carbocycles. The average molecular weight is 411 g/mol. The number of hydrogen-bond donors (Lipinski definition) is 1. The van der Waals surface area contributed by atoms with E-state index in [4.69, 9.17) is 4.42 Å². The molecule has 0 saturated carbocycles. The molecule has 29 heavy (non-hydrogen) atoms. The second-order valence-electron chi connectivity index (χ2n) is 7.34. The molecule has 1 N–H and O–H groups in total. The first-order valence-corrected chi connectivity index (χ1v) is 9.12. The number of methoxy groups -OCH3 is 1. The van der Waals surface area contributed by atoms with E-state index in [9.17, 15) is 22.4 Å². The van der Waals surface area contributed by atoms with Crippen molar-refractivity contribution in [2.75, 3.05) is 7.11 Å². The molecule has 2 atom stereocenters. The molecule has 2 aromatic carbocycles. The molecule has 3 rings (SSSR count). The molecule has 156 valence electrons. The fourth-order valence-electron chi connectivity index (χ4n) is 3.38. The van der Waals surface area contributed by atoms with Crippen LogP contribution in [-0.4, -0.2) is 25.3 Å². The third-order valence-electron chi connectivity index (χ3n) is 4.68. The molecule has 0 aliphatic heterocycles. The Kier molecular flexibility index (Phi) is 5.84. The predicted molar refractivity (Wildman–Crippen MR) is 101 cm³/mol. The molecule has 0 radical (unpaired) electrons. The van der Waals surface area contributed by atoms with Crippen molar-refractivity contribution in [1.82, 2.24) is 5.32 Å². The summed E-state index contributed by atoms with van der Waals surface area (Å²) in [6.45, 7) is 3.62. The van der Waals surface area contributed by atoms with E-state index < -0.39 is 30.0 Å². The van der Waals surface area contributed by atoms with Crippen molar-refractivity contribution < 1.29 is 31.5 Å². The monoisotopic (exact) mass is 411 g/mol. The SMILES string of the molecule is COC(=O)[C@H](CC(C)C)N[C@@H](c1ccc2oc3cc(F)ccc3c2c1)C(F)(F)F. The van der Waals surface area contributed by atoms with E-state index in [1.165, 1.54) is 36.4 Å². The van der Waals surface area contributed by atoms with Gasteiger partial charge in [-0.2, -0.15) is 13.2 Å². The predicted octanol–water partition coefficient (Wildman–Crippen LogP) is 5.51. The lowest BCUT2D eigenvalue weighted by atomic mass is 9.99. The van der Waals surface area contributed by atoms with Gasteiger partial charge in [-0.1, -0.05) is 19.9 Å². The molecule has 3 aromatic rings. The van der Waals surface area contributed by atoms with E-state index in [2.05, 4.69) is 10.1 Å². The van der Waals surface area contributed by atoms with Gasteiger partial charge in [0.1, 0.15) is 29.1 Å². The molecular formula is C21H21F4NO3. The van der Waals surface area contributed by atoms with Crippen LogP contribution < -0.4 is 5.32 Å². The van der Waals surface area contributed by atoms with E-state index in [0.29, 0.717) is 16.4 Å². The van der Waals surface area contributed by atoms with E-state index >= 15 is 0 Å².